The predicted molar refractivity (Wildman–Crippen MR) is 193 cm³/mol. The summed E-state index contributed by atoms with van der Waals surface area (Å²) in [5, 5.41) is 0.509. The smallest absolute Gasteiger partial charge is 0.442 e. The third-order valence-corrected chi connectivity index (χ3v) is 9.85. The maximum absolute atomic E-state index is 13.7. The maximum Gasteiger partial charge on any atom is 0.442 e. The molecule has 0 atom stereocenters. The summed E-state index contributed by atoms with van der Waals surface area (Å²) in [6.07, 6.45) is 11.4. The number of esters is 1. The molecule has 1 aliphatic carbocycles. The molecule has 1 fully saturated rings. The number of carbonyl (C=O) groups is 3. The molecule has 0 N–H and O–H groups in total. The number of rotatable bonds is 17. The van der Waals surface area contributed by atoms with E-state index in [9.17, 15) is 19.2 Å². The number of hydrogen-bond donors (Lipinski definition) is 0. The van der Waals surface area contributed by atoms with Gasteiger partial charge in [0.25, 0.3) is 0 Å². The molecule has 2 heterocycles. The van der Waals surface area contributed by atoms with Crippen LogP contribution in [-0.2, 0) is 20.8 Å². The Hall–Kier alpha value is -4.58. The molecular formula is C39H51N3O9. The summed E-state index contributed by atoms with van der Waals surface area (Å²) in [4.78, 5) is 59.2. The van der Waals surface area contributed by atoms with Crippen LogP contribution >= 0.6 is 0 Å². The molecule has 0 unspecified atom stereocenters. The molecule has 2 bridgehead atoms. The lowest BCUT2D eigenvalue weighted by molar-refractivity contribution is -0.160. The number of methoxy groups -OCH3 is 2. The molecular weight excluding hydrogens is 654 g/mol. The van der Waals surface area contributed by atoms with Gasteiger partial charge in [0.05, 0.1) is 26.3 Å². The van der Waals surface area contributed by atoms with Gasteiger partial charge in [0.1, 0.15) is 5.75 Å². The number of nitrogens with zero attached hydrogens (tertiary/aromatic N) is 3. The quantitative estimate of drug-likeness (QED) is 0.105. The first-order valence-corrected chi connectivity index (χ1v) is 18.3. The monoisotopic (exact) mass is 705 g/mol. The first-order chi connectivity index (χ1) is 24.8. The van der Waals surface area contributed by atoms with E-state index in [4.69, 9.17) is 23.8 Å². The van der Waals surface area contributed by atoms with Crippen LogP contribution in [0.5, 0.6) is 23.0 Å². The molecule has 12 heteroatoms. The van der Waals surface area contributed by atoms with Gasteiger partial charge in [-0.15, -0.1) is 4.73 Å². The van der Waals surface area contributed by atoms with Gasteiger partial charge in [-0.3, -0.25) is 9.59 Å². The predicted octanol–water partition coefficient (Wildman–Crippen LogP) is 5.20. The third-order valence-electron chi connectivity index (χ3n) is 9.85. The molecule has 0 saturated heterocycles. The zero-order chi connectivity index (χ0) is 36.2. The lowest BCUT2D eigenvalue weighted by Gasteiger charge is -2.31. The topological polar surface area (TPSA) is 126 Å². The average Bonchev–Trinajstić information content (AvgIpc) is 3.18. The second kappa shape index (κ2) is 18.6. The van der Waals surface area contributed by atoms with Crippen LogP contribution in [0, 0.1) is 5.92 Å². The molecule has 2 aliphatic rings. The van der Waals surface area contributed by atoms with Crippen molar-refractivity contribution in [2.75, 3.05) is 53.6 Å². The van der Waals surface area contributed by atoms with Gasteiger partial charge in [-0.2, -0.15) is 0 Å². The van der Waals surface area contributed by atoms with Crippen LogP contribution < -0.4 is 29.3 Å². The van der Waals surface area contributed by atoms with Crippen molar-refractivity contribution in [1.82, 2.24) is 14.5 Å². The Balaban J connectivity index is 1.14. The van der Waals surface area contributed by atoms with Gasteiger partial charge in [-0.25, -0.2) is 9.59 Å². The van der Waals surface area contributed by atoms with Gasteiger partial charge >= 0.3 is 17.5 Å². The largest absolute Gasteiger partial charge is 0.494 e. The molecule has 1 aromatic heterocycles. The first-order valence-electron chi connectivity index (χ1n) is 18.3. The molecule has 5 rings (SSSR count). The van der Waals surface area contributed by atoms with Crippen molar-refractivity contribution in [2.45, 2.75) is 77.6 Å². The van der Waals surface area contributed by atoms with Gasteiger partial charge in [-0.1, -0.05) is 45.1 Å². The number of likely N-dealkylation sites (N-methyl/N-ethyl adjacent to an activating group) is 1. The van der Waals surface area contributed by atoms with Crippen molar-refractivity contribution in [2.24, 2.45) is 5.92 Å². The Morgan fingerprint density at radius 1 is 0.863 bits per heavy atom. The number of fused-ring (bicyclic) bond motifs is 4. The van der Waals surface area contributed by atoms with E-state index in [1.807, 2.05) is 12.1 Å². The number of hydrogen-bond acceptors (Lipinski definition) is 10. The normalized spacial score (nSPS) is 15.1. The summed E-state index contributed by atoms with van der Waals surface area (Å²) in [5.74, 6) is -0.0897. The van der Waals surface area contributed by atoms with E-state index in [0.717, 1.165) is 48.8 Å². The second-order valence-corrected chi connectivity index (χ2v) is 13.3. The molecule has 2 aromatic carbocycles. The lowest BCUT2D eigenvalue weighted by Crippen LogP contribution is -2.41. The van der Waals surface area contributed by atoms with Crippen molar-refractivity contribution in [3.8, 4) is 23.0 Å². The minimum Gasteiger partial charge on any atom is -0.494 e. The van der Waals surface area contributed by atoms with Crippen LogP contribution in [0.2, 0.25) is 0 Å². The van der Waals surface area contributed by atoms with Crippen LogP contribution in [0.25, 0.3) is 10.9 Å². The highest BCUT2D eigenvalue weighted by Crippen LogP contribution is 2.28. The number of benzene rings is 2. The fourth-order valence-electron chi connectivity index (χ4n) is 6.85. The number of aromatic nitrogens is 1. The van der Waals surface area contributed by atoms with Gasteiger partial charge in [0.15, 0.2) is 17.2 Å². The van der Waals surface area contributed by atoms with Crippen molar-refractivity contribution in [3.63, 3.8) is 0 Å². The molecule has 1 saturated carbocycles. The second-order valence-electron chi connectivity index (χ2n) is 13.3. The van der Waals surface area contributed by atoms with Gasteiger partial charge in [0, 0.05) is 38.0 Å². The van der Waals surface area contributed by atoms with E-state index in [0.29, 0.717) is 55.0 Å². The summed E-state index contributed by atoms with van der Waals surface area (Å²) in [5.41, 5.74) is 0.756. The fraction of sp³-hybridized carbons (Fsp3) is 0.538. The standard InChI is InChI=1S/C39H51N3O9/c1-4-40(20-19-28-15-18-33(47-2)34(24-28)48-3)21-22-41(27-29-12-8-6-5-7-9-13-29)36(43)14-10-11-23-49-31-16-17-32-30(25-31)26-35-37(44)42(32)51-39(46)38(45)50-35/h15-18,24-26,29H,4-14,19-23,27H2,1-3H3. The Kier molecular flexibility index (Phi) is 13.7. The summed E-state index contributed by atoms with van der Waals surface area (Å²) in [6, 6.07) is 12.4. The molecule has 1 aliphatic heterocycles. The SMILES string of the molecule is CCN(CCc1ccc(OC)c(OC)c1)CCN(CC1CCCCCCC1)C(=O)CCCCOc1ccc2c(c1)cc1c(=O)n2OC(=O)C(=O)O1. The minimum atomic E-state index is -1.27. The third kappa shape index (κ3) is 10.2. The lowest BCUT2D eigenvalue weighted by atomic mass is 9.90. The zero-order valence-electron chi connectivity index (χ0n) is 30.2. The molecule has 51 heavy (non-hydrogen) atoms. The van der Waals surface area contributed by atoms with E-state index in [-0.39, 0.29) is 11.7 Å². The van der Waals surface area contributed by atoms with Crippen LogP contribution in [0.1, 0.15) is 76.7 Å². The highest BCUT2D eigenvalue weighted by atomic mass is 16.7. The first kappa shape index (κ1) is 37.7. The Morgan fingerprint density at radius 2 is 1.63 bits per heavy atom. The summed E-state index contributed by atoms with van der Waals surface area (Å²) < 4.78 is 22.5. The van der Waals surface area contributed by atoms with E-state index >= 15 is 0 Å². The number of pyridine rings is 1. The molecule has 3 aromatic rings. The maximum atomic E-state index is 13.7. The van der Waals surface area contributed by atoms with Crippen molar-refractivity contribution >= 4 is 28.7 Å². The fourth-order valence-corrected chi connectivity index (χ4v) is 6.85. The summed E-state index contributed by atoms with van der Waals surface area (Å²) >= 11 is 0. The van der Waals surface area contributed by atoms with Crippen LogP contribution in [-0.4, -0.2) is 85.9 Å². The molecule has 0 spiro atoms. The molecule has 276 valence electrons. The molecule has 12 nitrogen and oxygen atoms in total. The van der Waals surface area contributed by atoms with Crippen molar-refractivity contribution in [1.29, 1.82) is 0 Å². The highest BCUT2D eigenvalue weighted by molar-refractivity contribution is 6.30. The average molecular weight is 706 g/mol. The minimum absolute atomic E-state index is 0.193. The molecule has 0 radical (unpaired) electrons. The van der Waals surface area contributed by atoms with Crippen LogP contribution in [0.3, 0.4) is 0 Å². The van der Waals surface area contributed by atoms with Gasteiger partial charge in [0.2, 0.25) is 5.91 Å². The van der Waals surface area contributed by atoms with Crippen molar-refractivity contribution < 1.29 is 38.2 Å². The Labute approximate surface area is 299 Å². The van der Waals surface area contributed by atoms with Crippen molar-refractivity contribution in [3.05, 3.63) is 58.4 Å². The Bertz CT molecular complexity index is 1710. The number of ether oxygens (including phenoxy) is 4. The van der Waals surface area contributed by atoms with E-state index in [1.54, 1.807) is 32.4 Å². The van der Waals surface area contributed by atoms with Gasteiger partial charge in [-0.05, 0) is 86.5 Å². The summed E-state index contributed by atoms with van der Waals surface area (Å²) in [7, 11) is 3.29. The summed E-state index contributed by atoms with van der Waals surface area (Å²) in [6.45, 7) is 6.71. The van der Waals surface area contributed by atoms with E-state index in [2.05, 4.69) is 22.8 Å². The van der Waals surface area contributed by atoms with E-state index < -0.39 is 17.5 Å². The number of carbonyl (C=O) groups excluding carboxylic acids is 3. The van der Waals surface area contributed by atoms with E-state index in [1.165, 1.54) is 56.6 Å². The zero-order valence-corrected chi connectivity index (χ0v) is 30.2. The number of amides is 1. The van der Waals surface area contributed by atoms with Crippen LogP contribution in [0.15, 0.2) is 47.3 Å². The number of unbranched alkanes of at least 4 members (excludes halogenated alkanes) is 1. The highest BCUT2D eigenvalue weighted by Gasteiger charge is 2.28. The molecule has 1 amide bonds. The van der Waals surface area contributed by atoms with Crippen LogP contribution in [0.4, 0.5) is 0 Å². The Morgan fingerprint density at radius 3 is 2.37 bits per heavy atom. The van der Waals surface area contributed by atoms with Gasteiger partial charge < -0.3 is 33.6 Å².